The molecule has 1 aliphatic heterocycles. The fourth-order valence-electron chi connectivity index (χ4n) is 2.15. The predicted octanol–water partition coefficient (Wildman–Crippen LogP) is 3.20. The molecule has 1 atom stereocenters. The first-order chi connectivity index (χ1) is 8.15. The van der Waals surface area contributed by atoms with E-state index in [2.05, 4.69) is 27.9 Å². The summed E-state index contributed by atoms with van der Waals surface area (Å²) in [6.45, 7) is 2.65. The third kappa shape index (κ3) is 3.76. The van der Waals surface area contributed by atoms with E-state index >= 15 is 0 Å². The molecule has 0 aromatic heterocycles. The van der Waals surface area contributed by atoms with Crippen molar-refractivity contribution in [3.63, 3.8) is 0 Å². The van der Waals surface area contributed by atoms with Gasteiger partial charge in [-0.05, 0) is 53.5 Å². The van der Waals surface area contributed by atoms with Gasteiger partial charge in [-0.1, -0.05) is 6.07 Å². The zero-order chi connectivity index (χ0) is 12.3. The number of hydrogen-bond donors (Lipinski definition) is 0. The lowest BCUT2D eigenvalue weighted by atomic mass is 10.2. The molecule has 1 unspecified atom stereocenters. The summed E-state index contributed by atoms with van der Waals surface area (Å²) in [5.41, 5.74) is 1.11. The van der Waals surface area contributed by atoms with Crippen molar-refractivity contribution in [3.05, 3.63) is 34.1 Å². The number of likely N-dealkylation sites (N-methyl/N-ethyl adjacent to an activating group) is 1. The molecule has 1 aliphatic rings. The Morgan fingerprint density at radius 1 is 1.53 bits per heavy atom. The number of benzene rings is 1. The summed E-state index contributed by atoms with van der Waals surface area (Å²) in [5.74, 6) is -0.212. The number of halogens is 2. The lowest BCUT2D eigenvalue weighted by Gasteiger charge is -2.20. The molecule has 1 heterocycles. The molecule has 1 fully saturated rings. The average Bonchev–Trinajstić information content (AvgIpc) is 2.76. The molecular formula is C13H17BrFNO. The summed E-state index contributed by atoms with van der Waals surface area (Å²) in [7, 11) is 2.07. The summed E-state index contributed by atoms with van der Waals surface area (Å²) in [5, 5.41) is 0. The van der Waals surface area contributed by atoms with Crippen molar-refractivity contribution in [2.75, 3.05) is 20.2 Å². The summed E-state index contributed by atoms with van der Waals surface area (Å²) < 4.78 is 19.2. The molecule has 0 N–H and O–H groups in total. The van der Waals surface area contributed by atoms with Crippen LogP contribution in [0.3, 0.4) is 0 Å². The van der Waals surface area contributed by atoms with Crippen molar-refractivity contribution in [2.45, 2.75) is 25.5 Å². The van der Waals surface area contributed by atoms with Gasteiger partial charge in [0.1, 0.15) is 5.82 Å². The van der Waals surface area contributed by atoms with Gasteiger partial charge in [0.05, 0.1) is 10.6 Å². The first-order valence-electron chi connectivity index (χ1n) is 5.89. The van der Waals surface area contributed by atoms with Crippen molar-refractivity contribution in [1.29, 1.82) is 0 Å². The molecule has 0 amide bonds. The van der Waals surface area contributed by atoms with Crippen LogP contribution in [-0.2, 0) is 11.3 Å². The van der Waals surface area contributed by atoms with Crippen LogP contribution in [0.2, 0.25) is 0 Å². The van der Waals surface area contributed by atoms with E-state index in [4.69, 9.17) is 4.74 Å². The Balaban J connectivity index is 1.88. The van der Waals surface area contributed by atoms with Crippen molar-refractivity contribution in [2.24, 2.45) is 0 Å². The Labute approximate surface area is 110 Å². The van der Waals surface area contributed by atoms with E-state index < -0.39 is 0 Å². The average molecular weight is 302 g/mol. The SMILES string of the molecule is CN(Cc1ccc(F)c(Br)c1)CC1CCCO1. The van der Waals surface area contributed by atoms with Crippen LogP contribution in [0, 0.1) is 5.82 Å². The summed E-state index contributed by atoms with van der Waals surface area (Å²) in [6.07, 6.45) is 2.68. The van der Waals surface area contributed by atoms with Gasteiger partial charge in [-0.3, -0.25) is 4.90 Å². The Bertz CT molecular complexity index is 380. The zero-order valence-corrected chi connectivity index (χ0v) is 11.5. The predicted molar refractivity (Wildman–Crippen MR) is 69.4 cm³/mol. The van der Waals surface area contributed by atoms with E-state index in [-0.39, 0.29) is 5.82 Å². The van der Waals surface area contributed by atoms with Gasteiger partial charge in [-0.15, -0.1) is 0 Å². The zero-order valence-electron chi connectivity index (χ0n) is 9.96. The minimum absolute atomic E-state index is 0.212. The van der Waals surface area contributed by atoms with Gasteiger partial charge in [-0.25, -0.2) is 4.39 Å². The maximum Gasteiger partial charge on any atom is 0.137 e. The largest absolute Gasteiger partial charge is 0.377 e. The van der Waals surface area contributed by atoms with E-state index in [1.807, 2.05) is 12.1 Å². The second-order valence-electron chi connectivity index (χ2n) is 4.58. The second kappa shape index (κ2) is 5.94. The van der Waals surface area contributed by atoms with E-state index in [1.165, 1.54) is 12.5 Å². The van der Waals surface area contributed by atoms with Gasteiger partial charge in [-0.2, -0.15) is 0 Å². The Morgan fingerprint density at radius 3 is 3.00 bits per heavy atom. The molecule has 0 aliphatic carbocycles. The van der Waals surface area contributed by atoms with Crippen molar-refractivity contribution in [1.82, 2.24) is 4.90 Å². The van der Waals surface area contributed by atoms with Crippen molar-refractivity contribution < 1.29 is 9.13 Å². The molecule has 94 valence electrons. The number of nitrogens with zero attached hydrogens (tertiary/aromatic N) is 1. The number of rotatable bonds is 4. The lowest BCUT2D eigenvalue weighted by molar-refractivity contribution is 0.0793. The molecule has 0 saturated carbocycles. The molecule has 2 nitrogen and oxygen atoms in total. The summed E-state index contributed by atoms with van der Waals surface area (Å²) in [4.78, 5) is 2.22. The maximum absolute atomic E-state index is 13.1. The molecule has 1 aromatic rings. The van der Waals surface area contributed by atoms with Crippen molar-refractivity contribution >= 4 is 15.9 Å². The number of ether oxygens (including phenoxy) is 1. The van der Waals surface area contributed by atoms with Crippen LogP contribution in [0.5, 0.6) is 0 Å². The molecule has 0 bridgehead atoms. The topological polar surface area (TPSA) is 12.5 Å². The maximum atomic E-state index is 13.1. The van der Waals surface area contributed by atoms with Crippen LogP contribution in [0.1, 0.15) is 18.4 Å². The highest BCUT2D eigenvalue weighted by Crippen LogP contribution is 2.18. The highest BCUT2D eigenvalue weighted by molar-refractivity contribution is 9.10. The van der Waals surface area contributed by atoms with E-state index in [0.29, 0.717) is 10.6 Å². The number of hydrogen-bond acceptors (Lipinski definition) is 2. The minimum atomic E-state index is -0.212. The van der Waals surface area contributed by atoms with E-state index in [0.717, 1.165) is 31.7 Å². The first-order valence-corrected chi connectivity index (χ1v) is 6.68. The van der Waals surface area contributed by atoms with Crippen LogP contribution >= 0.6 is 15.9 Å². The summed E-state index contributed by atoms with van der Waals surface area (Å²) >= 11 is 3.21. The fraction of sp³-hybridized carbons (Fsp3) is 0.538. The van der Waals surface area contributed by atoms with Crippen LogP contribution in [0.25, 0.3) is 0 Å². The highest BCUT2D eigenvalue weighted by Gasteiger charge is 2.17. The molecule has 1 aromatic carbocycles. The van der Waals surface area contributed by atoms with Crippen LogP contribution in [0.15, 0.2) is 22.7 Å². The molecule has 0 radical (unpaired) electrons. The molecule has 4 heteroatoms. The van der Waals surface area contributed by atoms with Crippen LogP contribution < -0.4 is 0 Å². The molecule has 17 heavy (non-hydrogen) atoms. The Hall–Kier alpha value is -0.450. The van der Waals surface area contributed by atoms with Gasteiger partial charge in [0, 0.05) is 19.7 Å². The van der Waals surface area contributed by atoms with Gasteiger partial charge in [0.25, 0.3) is 0 Å². The quantitative estimate of drug-likeness (QED) is 0.847. The third-order valence-corrected chi connectivity index (χ3v) is 3.58. The minimum Gasteiger partial charge on any atom is -0.377 e. The Kier molecular flexibility index (Phi) is 4.54. The highest BCUT2D eigenvalue weighted by atomic mass is 79.9. The fourth-order valence-corrected chi connectivity index (χ4v) is 2.58. The van der Waals surface area contributed by atoms with E-state index in [9.17, 15) is 4.39 Å². The van der Waals surface area contributed by atoms with Crippen LogP contribution in [0.4, 0.5) is 4.39 Å². The standard InChI is InChI=1S/C13H17BrFNO/c1-16(9-11-3-2-6-17-11)8-10-4-5-13(15)12(14)7-10/h4-5,7,11H,2-3,6,8-9H2,1H3. The first kappa shape index (κ1) is 13.0. The normalized spacial score (nSPS) is 20.1. The molecule has 0 spiro atoms. The van der Waals surface area contributed by atoms with Crippen LogP contribution in [-0.4, -0.2) is 31.2 Å². The van der Waals surface area contributed by atoms with Gasteiger partial charge in [0.15, 0.2) is 0 Å². The van der Waals surface area contributed by atoms with Gasteiger partial charge >= 0.3 is 0 Å². The van der Waals surface area contributed by atoms with Crippen molar-refractivity contribution in [3.8, 4) is 0 Å². The Morgan fingerprint density at radius 2 is 2.35 bits per heavy atom. The van der Waals surface area contributed by atoms with Gasteiger partial charge in [0.2, 0.25) is 0 Å². The molecular weight excluding hydrogens is 285 g/mol. The third-order valence-electron chi connectivity index (χ3n) is 2.98. The summed E-state index contributed by atoms with van der Waals surface area (Å²) in [6, 6.07) is 5.16. The van der Waals surface area contributed by atoms with E-state index in [1.54, 1.807) is 0 Å². The second-order valence-corrected chi connectivity index (χ2v) is 5.43. The smallest absolute Gasteiger partial charge is 0.137 e. The lowest BCUT2D eigenvalue weighted by Crippen LogP contribution is -2.28. The van der Waals surface area contributed by atoms with Gasteiger partial charge < -0.3 is 4.74 Å². The molecule has 2 rings (SSSR count). The monoisotopic (exact) mass is 301 g/mol. The molecule has 1 saturated heterocycles.